The molecule has 0 spiro atoms. The van der Waals surface area contributed by atoms with Gasteiger partial charge in [-0.2, -0.15) is 0 Å². The van der Waals surface area contributed by atoms with E-state index in [4.69, 9.17) is 4.74 Å². The number of ether oxygens (including phenoxy) is 1. The van der Waals surface area contributed by atoms with E-state index < -0.39 is 0 Å². The molecule has 0 unspecified atom stereocenters. The van der Waals surface area contributed by atoms with E-state index in [1.54, 1.807) is 30.7 Å². The van der Waals surface area contributed by atoms with Gasteiger partial charge in [0, 0.05) is 12.4 Å². The maximum Gasteiger partial charge on any atom is 0.232 e. The van der Waals surface area contributed by atoms with Crippen LogP contribution in [0.25, 0.3) is 0 Å². The monoisotopic (exact) mass is 382 g/mol. The van der Waals surface area contributed by atoms with Gasteiger partial charge in [0.2, 0.25) is 5.88 Å². The first-order valence-electron chi connectivity index (χ1n) is 10.3. The zero-order valence-electron chi connectivity index (χ0n) is 19.5. The quantitative estimate of drug-likeness (QED) is 0.544. The molecular formula is C23H43FN2O. The average Bonchev–Trinajstić information content (AvgIpc) is 2.75. The fourth-order valence-corrected chi connectivity index (χ4v) is 1.31. The smallest absolute Gasteiger partial charge is 0.232 e. The molecule has 27 heavy (non-hydrogen) atoms. The fraction of sp³-hybridized carbons (Fsp3) is 0.565. The topological polar surface area (TPSA) is 35.0 Å². The van der Waals surface area contributed by atoms with E-state index in [-0.39, 0.29) is 11.9 Å². The van der Waals surface area contributed by atoms with E-state index >= 15 is 0 Å². The lowest BCUT2D eigenvalue weighted by molar-refractivity contribution is 0.231. The molecule has 1 aromatic heterocycles. The fourth-order valence-electron chi connectivity index (χ4n) is 1.31. The number of benzene rings is 1. The predicted molar refractivity (Wildman–Crippen MR) is 119 cm³/mol. The molecule has 1 heterocycles. The van der Waals surface area contributed by atoms with Gasteiger partial charge in [0.25, 0.3) is 0 Å². The second-order valence-corrected chi connectivity index (χ2v) is 4.19. The second kappa shape index (κ2) is 28.8. The number of aryl methyl sites for hydroxylation is 1. The van der Waals surface area contributed by atoms with Crippen molar-refractivity contribution < 1.29 is 9.13 Å². The third kappa shape index (κ3) is 24.0. The molecule has 0 aliphatic rings. The second-order valence-electron chi connectivity index (χ2n) is 4.19. The van der Waals surface area contributed by atoms with E-state index in [9.17, 15) is 4.39 Å². The molecule has 0 saturated heterocycles. The molecule has 158 valence electrons. The molecule has 1 aromatic carbocycles. The van der Waals surface area contributed by atoms with Crippen molar-refractivity contribution in [3.05, 3.63) is 54.2 Å². The molecule has 2 aromatic rings. The van der Waals surface area contributed by atoms with Crippen molar-refractivity contribution >= 4 is 0 Å². The molecule has 2 rings (SSSR count). The van der Waals surface area contributed by atoms with E-state index in [1.165, 1.54) is 17.7 Å². The Balaban J connectivity index is -0.000000144. The molecule has 0 atom stereocenters. The minimum Gasteiger partial charge on any atom is -0.474 e. The van der Waals surface area contributed by atoms with E-state index in [0.717, 1.165) is 6.42 Å². The summed E-state index contributed by atoms with van der Waals surface area (Å²) in [6, 6.07) is 6.57. The number of hydrogen-bond acceptors (Lipinski definition) is 3. The number of nitrogens with zero attached hydrogens (tertiary/aromatic N) is 2. The van der Waals surface area contributed by atoms with Crippen molar-refractivity contribution in [2.24, 2.45) is 0 Å². The highest BCUT2D eigenvalue weighted by atomic mass is 19.1. The van der Waals surface area contributed by atoms with Gasteiger partial charge in [-0.3, -0.25) is 4.98 Å². The molecule has 0 amide bonds. The van der Waals surface area contributed by atoms with Crippen LogP contribution in [0.3, 0.4) is 0 Å². The maximum absolute atomic E-state index is 12.2. The highest BCUT2D eigenvalue weighted by Gasteiger charge is 1.95. The van der Waals surface area contributed by atoms with Crippen LogP contribution in [0.15, 0.2) is 42.9 Å². The summed E-state index contributed by atoms with van der Waals surface area (Å²) in [5.41, 5.74) is 1.18. The van der Waals surface area contributed by atoms with Crippen molar-refractivity contribution in [3.63, 3.8) is 0 Å². The van der Waals surface area contributed by atoms with Crippen molar-refractivity contribution in [2.75, 3.05) is 0 Å². The molecule has 0 aliphatic heterocycles. The SMILES string of the molecule is CC.CC.CC.CC.CC(C)Oc1cnccn1.CCc1ccc(F)cc1. The molecule has 0 saturated carbocycles. The van der Waals surface area contributed by atoms with Crippen molar-refractivity contribution in [2.45, 2.75) is 88.7 Å². The Labute approximate surface area is 168 Å². The third-order valence-corrected chi connectivity index (χ3v) is 2.22. The molecule has 3 nitrogen and oxygen atoms in total. The Kier molecular flexibility index (Phi) is 34.9. The van der Waals surface area contributed by atoms with Crippen LogP contribution >= 0.6 is 0 Å². The van der Waals surface area contributed by atoms with Crippen molar-refractivity contribution in [3.8, 4) is 5.88 Å². The highest BCUT2D eigenvalue weighted by Crippen LogP contribution is 2.03. The van der Waals surface area contributed by atoms with Crippen LogP contribution < -0.4 is 4.74 Å². The van der Waals surface area contributed by atoms with Crippen LogP contribution in [0, 0.1) is 5.82 Å². The van der Waals surface area contributed by atoms with Gasteiger partial charge in [0.05, 0.1) is 12.3 Å². The zero-order valence-corrected chi connectivity index (χ0v) is 19.5. The van der Waals surface area contributed by atoms with Crippen LogP contribution in [0.5, 0.6) is 5.88 Å². The van der Waals surface area contributed by atoms with Gasteiger partial charge in [-0.05, 0) is 38.0 Å². The average molecular weight is 383 g/mol. The normalized spacial score (nSPS) is 7.74. The van der Waals surface area contributed by atoms with Gasteiger partial charge in [-0.25, -0.2) is 9.37 Å². The molecule has 0 aliphatic carbocycles. The van der Waals surface area contributed by atoms with E-state index in [1.807, 2.05) is 76.2 Å². The van der Waals surface area contributed by atoms with Crippen LogP contribution in [0.4, 0.5) is 4.39 Å². The van der Waals surface area contributed by atoms with Crippen LogP contribution in [-0.4, -0.2) is 16.1 Å². The summed E-state index contributed by atoms with van der Waals surface area (Å²) in [4.78, 5) is 7.78. The maximum atomic E-state index is 12.2. The van der Waals surface area contributed by atoms with Crippen LogP contribution in [0.2, 0.25) is 0 Å². The summed E-state index contributed by atoms with van der Waals surface area (Å²) in [5.74, 6) is 0.421. The highest BCUT2D eigenvalue weighted by molar-refractivity contribution is 5.15. The van der Waals surface area contributed by atoms with E-state index in [2.05, 4.69) is 9.97 Å². The number of rotatable bonds is 3. The van der Waals surface area contributed by atoms with Gasteiger partial charge in [0.15, 0.2) is 0 Å². The van der Waals surface area contributed by atoms with Gasteiger partial charge in [-0.15, -0.1) is 0 Å². The first kappa shape index (κ1) is 32.7. The predicted octanol–water partition coefficient (Wildman–Crippen LogP) is 7.76. The number of hydrogen-bond donors (Lipinski definition) is 0. The Bertz CT molecular complexity index is 460. The minimum atomic E-state index is -0.160. The lowest BCUT2D eigenvalue weighted by atomic mass is 10.2. The zero-order chi connectivity index (χ0) is 22.1. The third-order valence-electron chi connectivity index (χ3n) is 2.22. The van der Waals surface area contributed by atoms with Crippen molar-refractivity contribution in [1.29, 1.82) is 0 Å². The summed E-state index contributed by atoms with van der Waals surface area (Å²) in [5, 5.41) is 0. The summed E-state index contributed by atoms with van der Waals surface area (Å²) in [7, 11) is 0. The van der Waals surface area contributed by atoms with Crippen molar-refractivity contribution in [1.82, 2.24) is 9.97 Å². The summed E-state index contributed by atoms with van der Waals surface area (Å²) in [6.07, 6.45) is 5.96. The molecule has 0 fully saturated rings. The molecular weight excluding hydrogens is 339 g/mol. The lowest BCUT2D eigenvalue weighted by Crippen LogP contribution is -2.06. The molecule has 4 heteroatoms. The Morgan fingerprint density at radius 1 is 0.852 bits per heavy atom. The van der Waals surface area contributed by atoms with Gasteiger partial charge < -0.3 is 4.74 Å². The standard InChI is InChI=1S/C8H9F.C7H10N2O.4C2H6/c1-2-7-3-5-8(9)6-4-7;1-6(2)10-7-5-8-3-4-9-7;4*1-2/h3-6H,2H2,1H3;3-6H,1-2H3;4*1-2H3. The Hall–Kier alpha value is -1.97. The minimum absolute atomic E-state index is 0.160. The largest absolute Gasteiger partial charge is 0.474 e. The van der Waals surface area contributed by atoms with Gasteiger partial charge in [0.1, 0.15) is 5.82 Å². The van der Waals surface area contributed by atoms with Crippen LogP contribution in [0.1, 0.15) is 81.7 Å². The van der Waals surface area contributed by atoms with E-state index in [0.29, 0.717) is 5.88 Å². The number of halogens is 1. The van der Waals surface area contributed by atoms with Gasteiger partial charge in [-0.1, -0.05) is 74.4 Å². The number of aromatic nitrogens is 2. The first-order chi connectivity index (χ1) is 13.1. The molecule has 0 bridgehead atoms. The lowest BCUT2D eigenvalue weighted by Gasteiger charge is -2.05. The first-order valence-corrected chi connectivity index (χ1v) is 10.3. The Morgan fingerprint density at radius 3 is 1.67 bits per heavy atom. The Morgan fingerprint density at radius 2 is 1.33 bits per heavy atom. The van der Waals surface area contributed by atoms with Gasteiger partial charge >= 0.3 is 0 Å². The molecule has 0 radical (unpaired) electrons. The summed E-state index contributed by atoms with van der Waals surface area (Å²) in [6.45, 7) is 22.0. The molecule has 0 N–H and O–H groups in total. The summed E-state index contributed by atoms with van der Waals surface area (Å²) >= 11 is 0. The van der Waals surface area contributed by atoms with Crippen LogP contribution in [-0.2, 0) is 6.42 Å². The summed E-state index contributed by atoms with van der Waals surface area (Å²) < 4.78 is 17.5.